The molecular formula is C16H21ClN2O. The largest absolute Gasteiger partial charge is 0.335 e. The van der Waals surface area contributed by atoms with Gasteiger partial charge in [0.15, 0.2) is 0 Å². The van der Waals surface area contributed by atoms with Crippen LogP contribution in [0, 0.1) is 0 Å². The van der Waals surface area contributed by atoms with Gasteiger partial charge in [0.2, 0.25) is 5.91 Å². The second kappa shape index (κ2) is 7.46. The molecule has 4 heteroatoms. The first-order valence-electron chi connectivity index (χ1n) is 7.07. The SMILES string of the molecule is C=CCNCCC1CCC(=O)N1Cc1ccccc1Cl. The van der Waals surface area contributed by atoms with E-state index >= 15 is 0 Å². The van der Waals surface area contributed by atoms with Gasteiger partial charge in [-0.2, -0.15) is 0 Å². The Balaban J connectivity index is 1.94. The van der Waals surface area contributed by atoms with Crippen LogP contribution < -0.4 is 5.32 Å². The van der Waals surface area contributed by atoms with Crippen molar-refractivity contribution in [1.29, 1.82) is 0 Å². The second-order valence-corrected chi connectivity index (χ2v) is 5.49. The lowest BCUT2D eigenvalue weighted by Gasteiger charge is -2.25. The number of rotatable bonds is 7. The standard InChI is InChI=1S/C16H21ClN2O/c1-2-10-18-11-9-14-7-8-16(20)19(14)12-13-5-3-4-6-15(13)17/h2-6,14,18H,1,7-12H2. The summed E-state index contributed by atoms with van der Waals surface area (Å²) in [6, 6.07) is 8.05. The number of likely N-dealkylation sites (tertiary alicyclic amines) is 1. The zero-order valence-corrected chi connectivity index (χ0v) is 12.4. The molecule has 1 atom stereocenters. The van der Waals surface area contributed by atoms with Gasteiger partial charge in [-0.3, -0.25) is 4.79 Å². The molecule has 0 bridgehead atoms. The van der Waals surface area contributed by atoms with Gasteiger partial charge in [0.25, 0.3) is 0 Å². The number of halogens is 1. The summed E-state index contributed by atoms with van der Waals surface area (Å²) < 4.78 is 0. The van der Waals surface area contributed by atoms with E-state index in [1.165, 1.54) is 0 Å². The first-order chi connectivity index (χ1) is 9.72. The average Bonchev–Trinajstić information content (AvgIpc) is 2.79. The zero-order chi connectivity index (χ0) is 14.4. The Hall–Kier alpha value is -1.32. The topological polar surface area (TPSA) is 32.3 Å². The summed E-state index contributed by atoms with van der Waals surface area (Å²) in [7, 11) is 0. The van der Waals surface area contributed by atoms with E-state index in [-0.39, 0.29) is 5.91 Å². The third-order valence-corrected chi connectivity index (χ3v) is 4.06. The van der Waals surface area contributed by atoms with Gasteiger partial charge in [-0.25, -0.2) is 0 Å². The van der Waals surface area contributed by atoms with Crippen LogP contribution in [0.4, 0.5) is 0 Å². The van der Waals surface area contributed by atoms with Crippen molar-refractivity contribution in [3.63, 3.8) is 0 Å². The Labute approximate surface area is 125 Å². The van der Waals surface area contributed by atoms with Crippen LogP contribution in [0.25, 0.3) is 0 Å². The van der Waals surface area contributed by atoms with E-state index in [0.717, 1.165) is 36.5 Å². The van der Waals surface area contributed by atoms with Crippen LogP contribution in [-0.4, -0.2) is 29.9 Å². The predicted molar refractivity (Wildman–Crippen MR) is 82.7 cm³/mol. The second-order valence-electron chi connectivity index (χ2n) is 5.09. The number of benzene rings is 1. The Kier molecular flexibility index (Phi) is 5.62. The van der Waals surface area contributed by atoms with Crippen LogP contribution in [0.2, 0.25) is 5.02 Å². The molecule has 1 N–H and O–H groups in total. The average molecular weight is 293 g/mol. The van der Waals surface area contributed by atoms with Gasteiger partial charge in [-0.05, 0) is 31.0 Å². The third kappa shape index (κ3) is 3.84. The molecule has 108 valence electrons. The fourth-order valence-electron chi connectivity index (χ4n) is 2.59. The lowest BCUT2D eigenvalue weighted by atomic mass is 10.1. The molecule has 1 heterocycles. The molecule has 0 saturated carbocycles. The number of carbonyl (C=O) groups is 1. The highest BCUT2D eigenvalue weighted by molar-refractivity contribution is 6.31. The predicted octanol–water partition coefficient (Wildman–Crippen LogP) is 3.00. The fourth-order valence-corrected chi connectivity index (χ4v) is 2.79. The van der Waals surface area contributed by atoms with Gasteiger partial charge in [-0.15, -0.1) is 6.58 Å². The van der Waals surface area contributed by atoms with Crippen molar-refractivity contribution in [3.8, 4) is 0 Å². The number of hydrogen-bond donors (Lipinski definition) is 1. The molecule has 1 fully saturated rings. The molecule has 1 aliphatic heterocycles. The number of nitrogens with one attached hydrogen (secondary N) is 1. The monoisotopic (exact) mass is 292 g/mol. The molecule has 2 rings (SSSR count). The van der Waals surface area contributed by atoms with E-state index in [9.17, 15) is 4.79 Å². The Morgan fingerprint density at radius 3 is 3.00 bits per heavy atom. The Morgan fingerprint density at radius 2 is 2.25 bits per heavy atom. The Morgan fingerprint density at radius 1 is 1.45 bits per heavy atom. The molecular weight excluding hydrogens is 272 g/mol. The van der Waals surface area contributed by atoms with Crippen molar-refractivity contribution in [2.24, 2.45) is 0 Å². The molecule has 0 spiro atoms. The smallest absolute Gasteiger partial charge is 0.223 e. The maximum absolute atomic E-state index is 12.0. The highest BCUT2D eigenvalue weighted by Crippen LogP contribution is 2.26. The Bertz CT molecular complexity index is 475. The summed E-state index contributed by atoms with van der Waals surface area (Å²) in [6.45, 7) is 6.01. The van der Waals surface area contributed by atoms with Crippen molar-refractivity contribution >= 4 is 17.5 Å². The number of carbonyl (C=O) groups excluding carboxylic acids is 1. The van der Waals surface area contributed by atoms with E-state index in [2.05, 4.69) is 11.9 Å². The maximum atomic E-state index is 12.0. The minimum atomic E-state index is 0.235. The summed E-state index contributed by atoms with van der Waals surface area (Å²) in [5.41, 5.74) is 1.02. The number of nitrogens with zero attached hydrogens (tertiary/aromatic N) is 1. The van der Waals surface area contributed by atoms with E-state index < -0.39 is 0 Å². The van der Waals surface area contributed by atoms with E-state index in [1.807, 2.05) is 35.2 Å². The van der Waals surface area contributed by atoms with Gasteiger partial charge >= 0.3 is 0 Å². The van der Waals surface area contributed by atoms with Gasteiger partial charge in [0, 0.05) is 30.6 Å². The molecule has 20 heavy (non-hydrogen) atoms. The lowest BCUT2D eigenvalue weighted by Crippen LogP contribution is -2.34. The molecule has 1 aromatic rings. The maximum Gasteiger partial charge on any atom is 0.223 e. The molecule has 1 aliphatic rings. The molecule has 3 nitrogen and oxygen atoms in total. The third-order valence-electron chi connectivity index (χ3n) is 3.69. The van der Waals surface area contributed by atoms with E-state index in [0.29, 0.717) is 19.0 Å². The summed E-state index contributed by atoms with van der Waals surface area (Å²) in [5.74, 6) is 0.235. The highest BCUT2D eigenvalue weighted by atomic mass is 35.5. The summed E-state index contributed by atoms with van der Waals surface area (Å²) >= 11 is 6.18. The zero-order valence-electron chi connectivity index (χ0n) is 11.6. The van der Waals surface area contributed by atoms with Crippen molar-refractivity contribution in [1.82, 2.24) is 10.2 Å². The van der Waals surface area contributed by atoms with Crippen LogP contribution in [-0.2, 0) is 11.3 Å². The van der Waals surface area contributed by atoms with Gasteiger partial charge in [0.05, 0.1) is 0 Å². The van der Waals surface area contributed by atoms with E-state index in [4.69, 9.17) is 11.6 Å². The van der Waals surface area contributed by atoms with Gasteiger partial charge in [0.1, 0.15) is 0 Å². The first kappa shape index (κ1) is 15.1. The minimum Gasteiger partial charge on any atom is -0.335 e. The van der Waals surface area contributed by atoms with Crippen molar-refractivity contribution < 1.29 is 4.79 Å². The molecule has 1 saturated heterocycles. The van der Waals surface area contributed by atoms with Crippen LogP contribution in [0.3, 0.4) is 0 Å². The van der Waals surface area contributed by atoms with Crippen LogP contribution in [0.1, 0.15) is 24.8 Å². The fraction of sp³-hybridized carbons (Fsp3) is 0.438. The highest BCUT2D eigenvalue weighted by Gasteiger charge is 2.30. The molecule has 0 radical (unpaired) electrons. The molecule has 0 aliphatic carbocycles. The molecule has 1 unspecified atom stereocenters. The van der Waals surface area contributed by atoms with Crippen LogP contribution in [0.5, 0.6) is 0 Å². The number of hydrogen-bond acceptors (Lipinski definition) is 2. The summed E-state index contributed by atoms with van der Waals surface area (Å²) in [5, 5.41) is 4.02. The van der Waals surface area contributed by atoms with Crippen LogP contribution in [0.15, 0.2) is 36.9 Å². The lowest BCUT2D eigenvalue weighted by molar-refractivity contribution is -0.129. The van der Waals surface area contributed by atoms with Gasteiger partial charge < -0.3 is 10.2 Å². The van der Waals surface area contributed by atoms with Crippen molar-refractivity contribution in [2.75, 3.05) is 13.1 Å². The summed E-state index contributed by atoms with van der Waals surface area (Å²) in [6.07, 6.45) is 4.42. The quantitative estimate of drug-likeness (QED) is 0.619. The molecule has 0 aromatic heterocycles. The van der Waals surface area contributed by atoms with Crippen LogP contribution >= 0.6 is 11.6 Å². The summed E-state index contributed by atoms with van der Waals surface area (Å²) in [4.78, 5) is 14.0. The minimum absolute atomic E-state index is 0.235. The normalized spacial score (nSPS) is 18.6. The first-order valence-corrected chi connectivity index (χ1v) is 7.44. The molecule has 1 aromatic carbocycles. The molecule has 1 amide bonds. The van der Waals surface area contributed by atoms with Crippen molar-refractivity contribution in [2.45, 2.75) is 31.8 Å². The van der Waals surface area contributed by atoms with Gasteiger partial charge in [-0.1, -0.05) is 35.9 Å². The van der Waals surface area contributed by atoms with Crippen molar-refractivity contribution in [3.05, 3.63) is 47.5 Å². The van der Waals surface area contributed by atoms with E-state index in [1.54, 1.807) is 0 Å². The number of amides is 1.